The maximum absolute atomic E-state index is 13.0. The fourth-order valence-electron chi connectivity index (χ4n) is 6.93. The highest BCUT2D eigenvalue weighted by atomic mass is 79.9. The van der Waals surface area contributed by atoms with Gasteiger partial charge in [-0.3, -0.25) is 0 Å². The standard InChI is InChI=1S/C23H32N2O2.BrH/c1-25(2)19-10-11-20(25)14-21(13-19)27-22(26)24-23(17-6-4-3-5-7-17)15-16-8-9-18(23)12-16;/h3-7,16,18-21H,8-15H2,1-2H3;1H/t16?,18?,19-,20+,21?,23?;. The van der Waals surface area contributed by atoms with Crippen LogP contribution in [0.4, 0.5) is 4.79 Å². The quantitative estimate of drug-likeness (QED) is 0.705. The van der Waals surface area contributed by atoms with Gasteiger partial charge in [0, 0.05) is 25.7 Å². The number of fused-ring (bicyclic) bond motifs is 4. The Morgan fingerprint density at radius 1 is 1.04 bits per heavy atom. The zero-order chi connectivity index (χ0) is 18.6. The molecule has 4 bridgehead atoms. The Balaban J connectivity index is 0.00000192. The maximum Gasteiger partial charge on any atom is 0.408 e. The van der Waals surface area contributed by atoms with Gasteiger partial charge in [-0.2, -0.15) is 0 Å². The number of benzene rings is 1. The predicted octanol–water partition coefficient (Wildman–Crippen LogP) is 1.20. The van der Waals surface area contributed by atoms with E-state index in [1.165, 1.54) is 37.7 Å². The molecule has 4 fully saturated rings. The molecule has 154 valence electrons. The lowest BCUT2D eigenvalue weighted by Crippen LogP contribution is -3.00. The lowest BCUT2D eigenvalue weighted by Gasteiger charge is -2.44. The Bertz CT molecular complexity index is 709. The zero-order valence-electron chi connectivity index (χ0n) is 17.1. The number of hydrogen-bond acceptors (Lipinski definition) is 2. The van der Waals surface area contributed by atoms with Crippen LogP contribution in [-0.4, -0.2) is 42.9 Å². The van der Waals surface area contributed by atoms with Crippen molar-refractivity contribution in [3.8, 4) is 0 Å². The van der Waals surface area contributed by atoms with Gasteiger partial charge in [-0.1, -0.05) is 30.3 Å². The number of hydrogen-bond donors (Lipinski definition) is 1. The first-order valence-electron chi connectivity index (χ1n) is 10.8. The number of carbonyl (C=O) groups excluding carboxylic acids is 1. The number of halogens is 1. The molecular formula is C23H33BrN2O2. The first-order chi connectivity index (χ1) is 13.0. The molecule has 28 heavy (non-hydrogen) atoms. The van der Waals surface area contributed by atoms with Crippen LogP contribution in [0.25, 0.3) is 0 Å². The summed E-state index contributed by atoms with van der Waals surface area (Å²) >= 11 is 0. The van der Waals surface area contributed by atoms with Crippen LogP contribution in [-0.2, 0) is 10.3 Å². The van der Waals surface area contributed by atoms with Crippen LogP contribution in [0.2, 0.25) is 0 Å². The first-order valence-corrected chi connectivity index (χ1v) is 10.8. The zero-order valence-corrected chi connectivity index (χ0v) is 18.7. The van der Waals surface area contributed by atoms with Crippen LogP contribution in [0.5, 0.6) is 0 Å². The molecular weight excluding hydrogens is 416 g/mol. The summed E-state index contributed by atoms with van der Waals surface area (Å²) in [6.45, 7) is 0. The van der Waals surface area contributed by atoms with Crippen molar-refractivity contribution in [3.63, 3.8) is 0 Å². The van der Waals surface area contributed by atoms with E-state index in [-0.39, 0.29) is 34.7 Å². The minimum Gasteiger partial charge on any atom is -1.00 e. The SMILES string of the molecule is C[N+]1(C)[C@@H]2CC[C@H]1CC(OC(=O)NC1(c3ccccc3)CC3CCC1C3)C2.[Br-]. The third-order valence-electron chi connectivity index (χ3n) is 8.52. The van der Waals surface area contributed by atoms with Crippen LogP contribution >= 0.6 is 0 Å². The Labute approximate surface area is 179 Å². The van der Waals surface area contributed by atoms with Crippen molar-refractivity contribution in [3.05, 3.63) is 35.9 Å². The van der Waals surface area contributed by atoms with Crippen molar-refractivity contribution in [1.29, 1.82) is 0 Å². The molecule has 6 atom stereocenters. The molecule has 4 nitrogen and oxygen atoms in total. The molecule has 2 aliphatic heterocycles. The summed E-state index contributed by atoms with van der Waals surface area (Å²) < 4.78 is 7.13. The van der Waals surface area contributed by atoms with Gasteiger partial charge in [0.25, 0.3) is 0 Å². The molecule has 2 heterocycles. The highest BCUT2D eigenvalue weighted by Crippen LogP contribution is 2.55. The molecule has 2 saturated heterocycles. The summed E-state index contributed by atoms with van der Waals surface area (Å²) in [7, 11) is 4.69. The molecule has 5 heteroatoms. The summed E-state index contributed by atoms with van der Waals surface area (Å²) in [5.41, 5.74) is 1.04. The van der Waals surface area contributed by atoms with Crippen molar-refractivity contribution in [1.82, 2.24) is 5.32 Å². The van der Waals surface area contributed by atoms with E-state index in [1.807, 2.05) is 0 Å². The fraction of sp³-hybridized carbons (Fsp3) is 0.696. The second kappa shape index (κ2) is 7.32. The molecule has 4 unspecified atom stereocenters. The summed E-state index contributed by atoms with van der Waals surface area (Å²) in [6, 6.07) is 11.9. The van der Waals surface area contributed by atoms with E-state index in [0.29, 0.717) is 18.0 Å². The summed E-state index contributed by atoms with van der Waals surface area (Å²) in [5.74, 6) is 1.30. The molecule has 1 aromatic rings. The topological polar surface area (TPSA) is 38.3 Å². The number of quaternary nitrogens is 1. The van der Waals surface area contributed by atoms with Crippen LogP contribution in [0.15, 0.2) is 30.3 Å². The van der Waals surface area contributed by atoms with Crippen molar-refractivity contribution in [2.45, 2.75) is 75.1 Å². The van der Waals surface area contributed by atoms with Gasteiger partial charge in [-0.05, 0) is 43.1 Å². The normalized spacial score (nSPS) is 40.0. The van der Waals surface area contributed by atoms with Gasteiger partial charge in [-0.15, -0.1) is 0 Å². The van der Waals surface area contributed by atoms with Crippen molar-refractivity contribution < 1.29 is 31.0 Å². The largest absolute Gasteiger partial charge is 1.00 e. The maximum atomic E-state index is 13.0. The number of amides is 1. The van der Waals surface area contributed by atoms with E-state index >= 15 is 0 Å². The smallest absolute Gasteiger partial charge is 0.408 e. The minimum absolute atomic E-state index is 0. The number of ether oxygens (including phenoxy) is 1. The van der Waals surface area contributed by atoms with Gasteiger partial charge < -0.3 is 31.5 Å². The third kappa shape index (κ3) is 3.19. The van der Waals surface area contributed by atoms with Gasteiger partial charge in [0.15, 0.2) is 0 Å². The molecule has 5 rings (SSSR count). The van der Waals surface area contributed by atoms with Crippen LogP contribution in [0, 0.1) is 11.8 Å². The Morgan fingerprint density at radius 3 is 2.29 bits per heavy atom. The number of carbonyl (C=O) groups is 1. The van der Waals surface area contributed by atoms with E-state index in [0.717, 1.165) is 29.7 Å². The molecule has 2 aliphatic carbocycles. The predicted molar refractivity (Wildman–Crippen MR) is 105 cm³/mol. The average molecular weight is 449 g/mol. The first kappa shape index (κ1) is 20.2. The van der Waals surface area contributed by atoms with E-state index in [9.17, 15) is 4.79 Å². The number of rotatable bonds is 3. The van der Waals surface area contributed by atoms with Crippen LogP contribution in [0.1, 0.15) is 56.9 Å². The monoisotopic (exact) mass is 448 g/mol. The lowest BCUT2D eigenvalue weighted by atomic mass is 9.76. The fourth-order valence-corrected chi connectivity index (χ4v) is 6.93. The molecule has 1 amide bonds. The van der Waals surface area contributed by atoms with E-state index in [4.69, 9.17) is 4.74 Å². The van der Waals surface area contributed by atoms with Crippen molar-refractivity contribution in [2.24, 2.45) is 11.8 Å². The minimum atomic E-state index is -0.218. The van der Waals surface area contributed by atoms with Gasteiger partial charge in [0.1, 0.15) is 6.10 Å². The van der Waals surface area contributed by atoms with Crippen LogP contribution in [0.3, 0.4) is 0 Å². The molecule has 0 spiro atoms. The molecule has 4 aliphatic rings. The van der Waals surface area contributed by atoms with E-state index in [2.05, 4.69) is 49.7 Å². The second-order valence-corrected chi connectivity index (χ2v) is 10.1. The molecule has 0 radical (unpaired) electrons. The number of alkyl carbamates (subject to hydrolysis) is 1. The average Bonchev–Trinajstić information content (AvgIpc) is 3.26. The Hall–Kier alpha value is -1.07. The highest BCUT2D eigenvalue weighted by molar-refractivity contribution is 5.69. The Kier molecular flexibility index (Phi) is 5.28. The molecule has 2 saturated carbocycles. The number of nitrogens with one attached hydrogen (secondary N) is 1. The summed E-state index contributed by atoms with van der Waals surface area (Å²) in [4.78, 5) is 13.0. The number of piperidine rings is 1. The number of nitrogens with zero attached hydrogens (tertiary/aromatic N) is 1. The summed E-state index contributed by atoms with van der Waals surface area (Å²) in [6.07, 6.45) is 9.32. The van der Waals surface area contributed by atoms with E-state index < -0.39 is 0 Å². The van der Waals surface area contributed by atoms with Crippen molar-refractivity contribution >= 4 is 6.09 Å². The molecule has 0 aromatic heterocycles. The van der Waals surface area contributed by atoms with E-state index in [1.54, 1.807) is 0 Å². The van der Waals surface area contributed by atoms with Gasteiger partial charge in [0.2, 0.25) is 0 Å². The third-order valence-corrected chi connectivity index (χ3v) is 8.52. The van der Waals surface area contributed by atoms with Gasteiger partial charge in [0.05, 0.1) is 31.7 Å². The van der Waals surface area contributed by atoms with Gasteiger partial charge in [-0.25, -0.2) is 4.79 Å². The highest BCUT2D eigenvalue weighted by Gasteiger charge is 2.54. The second-order valence-electron chi connectivity index (χ2n) is 10.1. The lowest BCUT2D eigenvalue weighted by molar-refractivity contribution is -0.931. The molecule has 1 aromatic carbocycles. The molecule has 1 N–H and O–H groups in total. The summed E-state index contributed by atoms with van der Waals surface area (Å²) in [5, 5.41) is 3.39. The van der Waals surface area contributed by atoms with Gasteiger partial charge >= 0.3 is 6.09 Å². The Morgan fingerprint density at radius 2 is 1.71 bits per heavy atom. The van der Waals surface area contributed by atoms with Crippen molar-refractivity contribution in [2.75, 3.05) is 14.1 Å². The van der Waals surface area contributed by atoms with Crippen LogP contribution < -0.4 is 22.3 Å².